The molecule has 0 saturated heterocycles. The van der Waals surface area contributed by atoms with Crippen molar-refractivity contribution in [3.05, 3.63) is 122 Å². The first kappa shape index (κ1) is 30.1. The average molecular weight is 659 g/mol. The molecule has 0 radical (unpaired) electrons. The van der Waals surface area contributed by atoms with Gasteiger partial charge in [0.25, 0.3) is 5.91 Å². The van der Waals surface area contributed by atoms with Crippen LogP contribution < -0.4 is 9.47 Å². The van der Waals surface area contributed by atoms with Gasteiger partial charge < -0.3 is 19.3 Å². The maximum Gasteiger partial charge on any atom is 0.344 e. The molecule has 4 aromatic carbocycles. The van der Waals surface area contributed by atoms with Gasteiger partial charge in [0.05, 0.1) is 23.1 Å². The summed E-state index contributed by atoms with van der Waals surface area (Å²) < 4.78 is 17.7. The van der Waals surface area contributed by atoms with Gasteiger partial charge >= 0.3 is 5.97 Å². The number of amides is 1. The Morgan fingerprint density at radius 3 is 2.53 bits per heavy atom. The number of thioether (sulfide) groups is 1. The summed E-state index contributed by atoms with van der Waals surface area (Å²) in [6.07, 6.45) is 1.68. The monoisotopic (exact) mass is 657 g/mol. The lowest BCUT2D eigenvalue weighted by atomic mass is 10.1. The standard InChI is InChI=1S/C34H28BrNO6S/c1-4-41-34(39)29-30(37)28(43-33(29)36-32(38)24-14-7-5-10-20(24)2)18-21-16-26(35)31(27(17-21)40-3)42-19-23-13-9-12-22-11-6-8-15-25(22)23/h5-18,37H,4,19H2,1-3H3/b28-18-,36-33?. The highest BCUT2D eigenvalue weighted by molar-refractivity contribution is 9.10. The number of aryl methyl sites for hydroxylation is 1. The first-order valence-corrected chi connectivity index (χ1v) is 15.1. The predicted molar refractivity (Wildman–Crippen MR) is 174 cm³/mol. The van der Waals surface area contributed by atoms with Gasteiger partial charge in [-0.3, -0.25) is 4.79 Å². The van der Waals surface area contributed by atoms with E-state index in [0.717, 1.165) is 33.7 Å². The van der Waals surface area contributed by atoms with Crippen LogP contribution >= 0.6 is 27.7 Å². The van der Waals surface area contributed by atoms with Gasteiger partial charge in [0.1, 0.15) is 23.0 Å². The second kappa shape index (κ2) is 13.3. The summed E-state index contributed by atoms with van der Waals surface area (Å²) in [6.45, 7) is 3.90. The van der Waals surface area contributed by atoms with E-state index >= 15 is 0 Å². The molecular weight excluding hydrogens is 630 g/mol. The molecule has 0 aromatic heterocycles. The summed E-state index contributed by atoms with van der Waals surface area (Å²) in [7, 11) is 1.55. The largest absolute Gasteiger partial charge is 0.506 e. The molecule has 0 atom stereocenters. The van der Waals surface area contributed by atoms with Crippen LogP contribution in [0.1, 0.15) is 34.0 Å². The lowest BCUT2D eigenvalue weighted by molar-refractivity contribution is -0.138. The number of fused-ring (bicyclic) bond motifs is 1. The highest BCUT2D eigenvalue weighted by atomic mass is 79.9. The van der Waals surface area contributed by atoms with Gasteiger partial charge in [-0.25, -0.2) is 9.79 Å². The van der Waals surface area contributed by atoms with Gasteiger partial charge in [-0.1, -0.05) is 72.4 Å². The SMILES string of the molecule is CCOC(=O)C1=C(O)/C(=C/c2cc(Br)c(OCc3cccc4ccccc34)c(OC)c2)SC1=NC(=O)c1ccccc1C. The zero-order valence-corrected chi connectivity index (χ0v) is 26.1. The fourth-order valence-electron chi connectivity index (χ4n) is 4.64. The molecule has 9 heteroatoms. The van der Waals surface area contributed by atoms with Crippen LogP contribution in [0, 0.1) is 6.92 Å². The van der Waals surface area contributed by atoms with E-state index in [1.54, 1.807) is 51.3 Å². The van der Waals surface area contributed by atoms with E-state index in [4.69, 9.17) is 14.2 Å². The van der Waals surface area contributed by atoms with Crippen molar-refractivity contribution in [2.75, 3.05) is 13.7 Å². The first-order valence-electron chi connectivity index (χ1n) is 13.5. The van der Waals surface area contributed by atoms with E-state index in [1.807, 2.05) is 36.4 Å². The van der Waals surface area contributed by atoms with Crippen molar-refractivity contribution in [2.24, 2.45) is 4.99 Å². The van der Waals surface area contributed by atoms with Crippen LogP contribution in [0.15, 0.2) is 105 Å². The van der Waals surface area contributed by atoms with Crippen LogP contribution in [0.3, 0.4) is 0 Å². The molecule has 1 heterocycles. The first-order chi connectivity index (χ1) is 20.8. The molecule has 1 aliphatic rings. The number of methoxy groups -OCH3 is 1. The number of carbonyl (C=O) groups is 2. The zero-order valence-electron chi connectivity index (χ0n) is 23.7. The molecule has 218 valence electrons. The van der Waals surface area contributed by atoms with Crippen molar-refractivity contribution in [2.45, 2.75) is 20.5 Å². The molecule has 0 aliphatic carbocycles. The van der Waals surface area contributed by atoms with Crippen molar-refractivity contribution in [1.82, 2.24) is 0 Å². The van der Waals surface area contributed by atoms with Crippen LogP contribution in [0.25, 0.3) is 16.8 Å². The summed E-state index contributed by atoms with van der Waals surface area (Å²) in [6, 6.07) is 24.8. The lowest BCUT2D eigenvalue weighted by Crippen LogP contribution is -2.14. The van der Waals surface area contributed by atoms with E-state index in [1.165, 1.54) is 0 Å². The Morgan fingerprint density at radius 1 is 1.02 bits per heavy atom. The summed E-state index contributed by atoms with van der Waals surface area (Å²) >= 11 is 4.62. The molecule has 4 aromatic rings. The molecule has 7 nitrogen and oxygen atoms in total. The Bertz CT molecular complexity index is 1820. The Morgan fingerprint density at radius 2 is 1.77 bits per heavy atom. The number of carbonyl (C=O) groups excluding carboxylic acids is 2. The molecule has 0 bridgehead atoms. The number of rotatable bonds is 8. The van der Waals surface area contributed by atoms with Gasteiger partial charge in [-0.05, 0) is 81.5 Å². The van der Waals surface area contributed by atoms with Crippen LogP contribution in [0.5, 0.6) is 11.5 Å². The van der Waals surface area contributed by atoms with Gasteiger partial charge in [0.2, 0.25) is 0 Å². The average Bonchev–Trinajstić information content (AvgIpc) is 3.30. The van der Waals surface area contributed by atoms with Crippen molar-refractivity contribution in [1.29, 1.82) is 0 Å². The third kappa shape index (κ3) is 6.53. The van der Waals surface area contributed by atoms with Crippen molar-refractivity contribution < 1.29 is 28.9 Å². The fourth-order valence-corrected chi connectivity index (χ4v) is 6.23. The van der Waals surface area contributed by atoms with E-state index < -0.39 is 11.9 Å². The summed E-state index contributed by atoms with van der Waals surface area (Å²) in [5, 5.41) is 13.4. The Hall–Kier alpha value is -4.34. The maximum atomic E-state index is 13.0. The number of hydrogen-bond donors (Lipinski definition) is 1. The smallest absolute Gasteiger partial charge is 0.344 e. The minimum Gasteiger partial charge on any atom is -0.506 e. The topological polar surface area (TPSA) is 94.4 Å². The van der Waals surface area contributed by atoms with Crippen LogP contribution in [-0.4, -0.2) is 35.7 Å². The Balaban J connectivity index is 1.46. The molecule has 5 rings (SSSR count). The second-order valence-corrected chi connectivity index (χ2v) is 11.4. The number of ether oxygens (including phenoxy) is 3. The minimum absolute atomic E-state index is 0.0662. The second-order valence-electron chi connectivity index (χ2n) is 9.55. The van der Waals surface area contributed by atoms with Crippen LogP contribution in [0.2, 0.25) is 0 Å². The maximum absolute atomic E-state index is 13.0. The van der Waals surface area contributed by atoms with Crippen LogP contribution in [0.4, 0.5) is 0 Å². The number of esters is 1. The van der Waals surface area contributed by atoms with Crippen molar-refractivity contribution in [3.63, 3.8) is 0 Å². The summed E-state index contributed by atoms with van der Waals surface area (Å²) in [5.41, 5.74) is 2.70. The third-order valence-electron chi connectivity index (χ3n) is 6.75. The molecule has 0 fully saturated rings. The van der Waals surface area contributed by atoms with E-state index in [2.05, 4.69) is 39.1 Å². The molecule has 0 saturated carbocycles. The molecule has 43 heavy (non-hydrogen) atoms. The summed E-state index contributed by atoms with van der Waals surface area (Å²) in [4.78, 5) is 30.3. The molecule has 0 spiro atoms. The number of aliphatic imine (C=N–C) groups is 1. The minimum atomic E-state index is -0.761. The quantitative estimate of drug-likeness (QED) is 0.191. The molecule has 0 unspecified atom stereocenters. The highest BCUT2D eigenvalue weighted by Crippen LogP contribution is 2.42. The molecule has 1 amide bonds. The van der Waals surface area contributed by atoms with E-state index in [9.17, 15) is 14.7 Å². The van der Waals surface area contributed by atoms with Crippen molar-refractivity contribution >= 4 is 61.5 Å². The molecule has 1 aliphatic heterocycles. The predicted octanol–water partition coefficient (Wildman–Crippen LogP) is 8.20. The lowest BCUT2D eigenvalue weighted by Gasteiger charge is -2.15. The summed E-state index contributed by atoms with van der Waals surface area (Å²) in [5.74, 6) is -0.597. The molecular formula is C34H28BrNO6S. The number of aliphatic hydroxyl groups excluding tert-OH is 1. The zero-order chi connectivity index (χ0) is 30.5. The van der Waals surface area contributed by atoms with Gasteiger partial charge in [0.15, 0.2) is 11.5 Å². The number of nitrogens with zero attached hydrogens (tertiary/aromatic N) is 1. The third-order valence-corrected chi connectivity index (χ3v) is 8.36. The molecule has 1 N–H and O–H groups in total. The number of aliphatic hydroxyl groups is 1. The van der Waals surface area contributed by atoms with Crippen molar-refractivity contribution in [3.8, 4) is 11.5 Å². The Labute approximate surface area is 262 Å². The van der Waals surface area contributed by atoms with E-state index in [0.29, 0.717) is 38.6 Å². The number of halogens is 1. The fraction of sp³-hybridized carbons (Fsp3) is 0.147. The number of benzene rings is 4. The Kier molecular flexibility index (Phi) is 9.33. The van der Waals surface area contributed by atoms with Gasteiger partial charge in [0, 0.05) is 5.56 Å². The number of hydrogen-bond acceptors (Lipinski definition) is 7. The normalized spacial score (nSPS) is 14.9. The van der Waals surface area contributed by atoms with E-state index in [-0.39, 0.29) is 23.0 Å². The van der Waals surface area contributed by atoms with Crippen LogP contribution in [-0.2, 0) is 16.1 Å². The van der Waals surface area contributed by atoms with Gasteiger partial charge in [-0.2, -0.15) is 0 Å². The highest BCUT2D eigenvalue weighted by Gasteiger charge is 2.34. The van der Waals surface area contributed by atoms with Gasteiger partial charge in [-0.15, -0.1) is 0 Å².